The van der Waals surface area contributed by atoms with E-state index in [1.807, 2.05) is 0 Å². The molecule has 0 heterocycles. The van der Waals surface area contributed by atoms with E-state index in [1.54, 1.807) is 24.3 Å². The molecular formula is C21H15FN2O5. The summed E-state index contributed by atoms with van der Waals surface area (Å²) in [5, 5.41) is 20.9. The molecule has 0 saturated heterocycles. The number of halogens is 1. The highest BCUT2D eigenvalue weighted by Gasteiger charge is 2.39. The summed E-state index contributed by atoms with van der Waals surface area (Å²) in [5.74, 6) is -3.42. The molecule has 0 aliphatic heterocycles. The number of anilines is 2. The van der Waals surface area contributed by atoms with Crippen molar-refractivity contribution in [3.8, 4) is 28.4 Å². The minimum Gasteiger partial charge on any atom is -0.507 e. The first kappa shape index (κ1) is 18.3. The summed E-state index contributed by atoms with van der Waals surface area (Å²) in [5.41, 5.74) is 10.2. The predicted molar refractivity (Wildman–Crippen MR) is 104 cm³/mol. The van der Waals surface area contributed by atoms with Crippen LogP contribution in [0.5, 0.6) is 17.2 Å². The van der Waals surface area contributed by atoms with E-state index in [9.17, 15) is 24.2 Å². The molecule has 8 heteroatoms. The van der Waals surface area contributed by atoms with Gasteiger partial charge in [0.1, 0.15) is 17.2 Å². The number of benzene rings is 3. The molecule has 0 fully saturated rings. The molecule has 3 aromatic carbocycles. The fraction of sp³-hybridized carbons (Fsp3) is 0.0476. The molecule has 6 N–H and O–H groups in total. The second-order valence-electron chi connectivity index (χ2n) is 6.54. The van der Waals surface area contributed by atoms with Crippen molar-refractivity contribution in [3.63, 3.8) is 0 Å². The summed E-state index contributed by atoms with van der Waals surface area (Å²) in [6.45, 7) is 0. The zero-order chi connectivity index (χ0) is 21.0. The number of nitrogen functional groups attached to an aromatic ring is 2. The zero-order valence-corrected chi connectivity index (χ0v) is 15.1. The van der Waals surface area contributed by atoms with Crippen molar-refractivity contribution in [1.29, 1.82) is 0 Å². The molecule has 1 aliphatic carbocycles. The van der Waals surface area contributed by atoms with Gasteiger partial charge in [-0.3, -0.25) is 9.59 Å². The number of methoxy groups -OCH3 is 1. The van der Waals surface area contributed by atoms with Crippen molar-refractivity contribution in [2.75, 3.05) is 18.6 Å². The van der Waals surface area contributed by atoms with Crippen LogP contribution in [0.1, 0.15) is 31.8 Å². The first-order valence-electron chi connectivity index (χ1n) is 8.46. The zero-order valence-electron chi connectivity index (χ0n) is 15.1. The summed E-state index contributed by atoms with van der Waals surface area (Å²) in [6.07, 6.45) is 0. The van der Waals surface area contributed by atoms with Crippen molar-refractivity contribution in [2.45, 2.75) is 0 Å². The van der Waals surface area contributed by atoms with Crippen molar-refractivity contribution in [2.24, 2.45) is 0 Å². The summed E-state index contributed by atoms with van der Waals surface area (Å²) in [4.78, 5) is 26.0. The van der Waals surface area contributed by atoms with E-state index < -0.39 is 45.7 Å². The maximum Gasteiger partial charge on any atom is 0.200 e. The molecule has 0 aromatic heterocycles. The maximum absolute atomic E-state index is 14.0. The van der Waals surface area contributed by atoms with E-state index >= 15 is 0 Å². The Bertz CT molecular complexity index is 1220. The van der Waals surface area contributed by atoms with Gasteiger partial charge in [0.2, 0.25) is 11.6 Å². The molecule has 7 nitrogen and oxygen atoms in total. The highest BCUT2D eigenvalue weighted by atomic mass is 19.1. The minimum absolute atomic E-state index is 0.0742. The van der Waals surface area contributed by atoms with Crippen LogP contribution in [0, 0.1) is 5.82 Å². The number of nitrogens with two attached hydrogens (primary N) is 2. The van der Waals surface area contributed by atoms with E-state index in [0.29, 0.717) is 17.4 Å². The summed E-state index contributed by atoms with van der Waals surface area (Å²) in [6, 6.07) is 8.60. The Kier molecular flexibility index (Phi) is 3.93. The van der Waals surface area contributed by atoms with E-state index in [-0.39, 0.29) is 22.4 Å². The Morgan fingerprint density at radius 1 is 0.897 bits per heavy atom. The SMILES string of the molecule is COc1ccc(-c2cc(N)c3c(c2O)C(=O)c2c(N)c(F)cc(O)c2C3=O)cc1. The fourth-order valence-corrected chi connectivity index (χ4v) is 3.52. The van der Waals surface area contributed by atoms with E-state index in [2.05, 4.69) is 0 Å². The van der Waals surface area contributed by atoms with Crippen LogP contribution in [0.25, 0.3) is 11.1 Å². The Morgan fingerprint density at radius 3 is 2.14 bits per heavy atom. The summed E-state index contributed by atoms with van der Waals surface area (Å²) >= 11 is 0. The van der Waals surface area contributed by atoms with Crippen LogP contribution in [-0.2, 0) is 0 Å². The Hall–Kier alpha value is -4.07. The normalized spacial score (nSPS) is 12.5. The van der Waals surface area contributed by atoms with Gasteiger partial charge in [0.25, 0.3) is 0 Å². The number of ketones is 2. The lowest BCUT2D eigenvalue weighted by molar-refractivity contribution is 0.0975. The van der Waals surface area contributed by atoms with Crippen LogP contribution < -0.4 is 16.2 Å². The van der Waals surface area contributed by atoms with Crippen LogP contribution in [0.2, 0.25) is 0 Å². The summed E-state index contributed by atoms with van der Waals surface area (Å²) < 4.78 is 19.1. The number of ether oxygens (including phenoxy) is 1. The number of phenols is 2. The molecule has 1 aliphatic rings. The fourth-order valence-electron chi connectivity index (χ4n) is 3.52. The number of carbonyl (C=O) groups excluding carboxylic acids is 2. The number of rotatable bonds is 2. The van der Waals surface area contributed by atoms with Gasteiger partial charge in [-0.1, -0.05) is 12.1 Å². The van der Waals surface area contributed by atoms with Gasteiger partial charge < -0.3 is 26.4 Å². The van der Waals surface area contributed by atoms with Gasteiger partial charge in [0.05, 0.1) is 35.1 Å². The third-order valence-corrected chi connectivity index (χ3v) is 4.94. The van der Waals surface area contributed by atoms with E-state index in [0.717, 1.165) is 0 Å². The monoisotopic (exact) mass is 394 g/mol. The Morgan fingerprint density at radius 2 is 1.52 bits per heavy atom. The quantitative estimate of drug-likeness (QED) is 0.303. The van der Waals surface area contributed by atoms with Gasteiger partial charge in [-0.25, -0.2) is 4.39 Å². The average Bonchev–Trinajstić information content (AvgIpc) is 2.70. The molecule has 29 heavy (non-hydrogen) atoms. The number of phenolic OH excluding ortho intramolecular Hbond substituents is 2. The average molecular weight is 394 g/mol. The van der Waals surface area contributed by atoms with Gasteiger partial charge in [-0.05, 0) is 23.8 Å². The minimum atomic E-state index is -1.05. The van der Waals surface area contributed by atoms with Crippen molar-refractivity contribution < 1.29 is 28.9 Å². The first-order chi connectivity index (χ1) is 13.8. The van der Waals surface area contributed by atoms with Crippen molar-refractivity contribution >= 4 is 22.9 Å². The number of carbonyl (C=O) groups is 2. The van der Waals surface area contributed by atoms with Crippen LogP contribution in [0.4, 0.5) is 15.8 Å². The molecule has 146 valence electrons. The number of fused-ring (bicyclic) bond motifs is 2. The molecule has 4 rings (SSSR count). The van der Waals surface area contributed by atoms with Crippen molar-refractivity contribution in [1.82, 2.24) is 0 Å². The molecular weight excluding hydrogens is 379 g/mol. The molecule has 3 aromatic rings. The molecule has 0 unspecified atom stereocenters. The van der Waals surface area contributed by atoms with Crippen LogP contribution in [-0.4, -0.2) is 28.9 Å². The number of hydrogen-bond acceptors (Lipinski definition) is 7. The smallest absolute Gasteiger partial charge is 0.200 e. The summed E-state index contributed by atoms with van der Waals surface area (Å²) in [7, 11) is 1.50. The number of aromatic hydroxyl groups is 2. The topological polar surface area (TPSA) is 136 Å². The van der Waals surface area contributed by atoms with Gasteiger partial charge in [-0.2, -0.15) is 0 Å². The second kappa shape index (κ2) is 6.23. The van der Waals surface area contributed by atoms with Gasteiger partial charge in [0, 0.05) is 17.3 Å². The third kappa shape index (κ3) is 2.49. The Labute approximate surface area is 164 Å². The largest absolute Gasteiger partial charge is 0.507 e. The van der Waals surface area contributed by atoms with Gasteiger partial charge in [0.15, 0.2) is 5.82 Å². The van der Waals surface area contributed by atoms with Crippen LogP contribution >= 0.6 is 0 Å². The lowest BCUT2D eigenvalue weighted by Gasteiger charge is -2.23. The van der Waals surface area contributed by atoms with Crippen LogP contribution in [0.3, 0.4) is 0 Å². The molecule has 0 spiro atoms. The maximum atomic E-state index is 14.0. The lowest BCUT2D eigenvalue weighted by Crippen LogP contribution is -2.25. The second-order valence-corrected chi connectivity index (χ2v) is 6.54. The first-order valence-corrected chi connectivity index (χ1v) is 8.46. The molecule has 0 bridgehead atoms. The molecule has 0 atom stereocenters. The Balaban J connectivity index is 2.01. The molecule has 0 saturated carbocycles. The van der Waals surface area contributed by atoms with Crippen LogP contribution in [0.15, 0.2) is 36.4 Å². The molecule has 0 amide bonds. The van der Waals surface area contributed by atoms with Gasteiger partial charge in [-0.15, -0.1) is 0 Å². The van der Waals surface area contributed by atoms with Crippen molar-refractivity contribution in [3.05, 3.63) is 64.5 Å². The van der Waals surface area contributed by atoms with E-state index in [1.165, 1.54) is 13.2 Å². The highest BCUT2D eigenvalue weighted by molar-refractivity contribution is 6.33. The predicted octanol–water partition coefficient (Wildman–Crippen LogP) is 2.85. The molecule has 0 radical (unpaired) electrons. The van der Waals surface area contributed by atoms with Gasteiger partial charge >= 0.3 is 0 Å². The number of hydrogen-bond donors (Lipinski definition) is 4. The standard InChI is InChI=1S/C21H15FN2O5/c1-29-9-4-2-8(3-5-9)10-6-12(23)14-17(19(10)26)21(28)16-15(20(14)27)13(25)7-11(22)18(16)24/h2-7,25-26H,23-24H2,1H3. The highest BCUT2D eigenvalue weighted by Crippen LogP contribution is 2.45. The van der Waals surface area contributed by atoms with E-state index in [4.69, 9.17) is 16.2 Å². The lowest BCUT2D eigenvalue weighted by atomic mass is 9.80. The third-order valence-electron chi connectivity index (χ3n) is 4.94.